The molecular weight excluding hydrogens is 532 g/mol. The van der Waals surface area contributed by atoms with E-state index in [9.17, 15) is 40.9 Å². The van der Waals surface area contributed by atoms with Crippen molar-refractivity contribution in [1.29, 1.82) is 0 Å². The lowest BCUT2D eigenvalue weighted by molar-refractivity contribution is -0.277. The Morgan fingerprint density at radius 1 is 0.575 bits per heavy atom. The maximum absolute atomic E-state index is 10.3. The summed E-state index contributed by atoms with van der Waals surface area (Å²) >= 11 is 0. The Labute approximate surface area is 228 Å². The van der Waals surface area contributed by atoms with Gasteiger partial charge in [0.2, 0.25) is 12.6 Å². The lowest BCUT2D eigenvalue weighted by Crippen LogP contribution is -2.60. The van der Waals surface area contributed by atoms with E-state index in [0.717, 1.165) is 0 Å². The van der Waals surface area contributed by atoms with Crippen molar-refractivity contribution >= 4 is 12.4 Å². The highest BCUT2D eigenvalue weighted by Crippen LogP contribution is 2.27. The van der Waals surface area contributed by atoms with Crippen LogP contribution in [-0.4, -0.2) is 128 Å². The van der Waals surface area contributed by atoms with Crippen LogP contribution in [0.1, 0.15) is 11.1 Å². The van der Waals surface area contributed by atoms with Crippen LogP contribution in [0.4, 0.5) is 0 Å². The molecule has 0 amide bonds. The van der Waals surface area contributed by atoms with E-state index in [4.69, 9.17) is 18.9 Å². The molecule has 2 heterocycles. The van der Waals surface area contributed by atoms with Crippen LogP contribution >= 0.6 is 0 Å². The zero-order valence-electron chi connectivity index (χ0n) is 21.1. The number of hydrogen-bond donors (Lipinski definition) is 8. The molecule has 4 rings (SSSR count). The minimum atomic E-state index is -1.59. The number of nitrogens with zero attached hydrogens (tertiary/aromatic N) is 2. The highest BCUT2D eigenvalue weighted by molar-refractivity contribution is 5.86. The lowest BCUT2D eigenvalue weighted by atomic mass is 9.99. The molecule has 2 aliphatic heterocycles. The van der Waals surface area contributed by atoms with E-state index in [2.05, 4.69) is 10.2 Å². The van der Waals surface area contributed by atoms with Crippen LogP contribution < -0.4 is 9.47 Å². The van der Waals surface area contributed by atoms with Crippen LogP contribution in [-0.2, 0) is 9.47 Å². The number of benzene rings is 2. The zero-order valence-corrected chi connectivity index (χ0v) is 21.1. The molecule has 0 spiro atoms. The van der Waals surface area contributed by atoms with Gasteiger partial charge in [0.1, 0.15) is 60.3 Å². The molecule has 0 aromatic heterocycles. The summed E-state index contributed by atoms with van der Waals surface area (Å²) in [5.41, 5.74) is 0.866. The van der Waals surface area contributed by atoms with Crippen LogP contribution in [0.15, 0.2) is 58.7 Å². The molecule has 8 N–H and O–H groups in total. The monoisotopic (exact) mass is 564 g/mol. The van der Waals surface area contributed by atoms with E-state index in [1.54, 1.807) is 48.5 Å². The van der Waals surface area contributed by atoms with Gasteiger partial charge in [0, 0.05) is 11.1 Å². The van der Waals surface area contributed by atoms with E-state index in [1.165, 1.54) is 12.4 Å². The lowest BCUT2D eigenvalue weighted by Gasteiger charge is -2.39. The van der Waals surface area contributed by atoms with Crippen molar-refractivity contribution in [3.63, 3.8) is 0 Å². The van der Waals surface area contributed by atoms with E-state index in [-0.39, 0.29) is 11.5 Å². The third kappa shape index (κ3) is 6.64. The van der Waals surface area contributed by atoms with Crippen molar-refractivity contribution in [3.05, 3.63) is 59.7 Å². The van der Waals surface area contributed by atoms with E-state index in [1.807, 2.05) is 0 Å². The number of rotatable bonds is 9. The SMILES string of the molecule is OC[C@@H]1O[C@@H](Oc2ccccc2C=N/N=C/c2ccccc2O[C@H]2O[C@H](CO)[C@H](O)[C@@H](O)[C@@H]2O)[C@@H](O)[C@H](O)[C@@H]1O. The first kappa shape index (κ1) is 30.0. The molecule has 218 valence electrons. The molecule has 14 nitrogen and oxygen atoms in total. The van der Waals surface area contributed by atoms with Gasteiger partial charge in [0.25, 0.3) is 0 Å². The Bertz CT molecular complexity index is 1070. The van der Waals surface area contributed by atoms with Crippen LogP contribution in [0.25, 0.3) is 0 Å². The Morgan fingerprint density at radius 2 is 0.950 bits per heavy atom. The first-order valence-corrected chi connectivity index (χ1v) is 12.4. The summed E-state index contributed by atoms with van der Waals surface area (Å²) < 4.78 is 22.2. The van der Waals surface area contributed by atoms with Crippen molar-refractivity contribution in [3.8, 4) is 11.5 Å². The topological polar surface area (TPSA) is 223 Å². The highest BCUT2D eigenvalue weighted by Gasteiger charge is 2.46. The maximum Gasteiger partial charge on any atom is 0.229 e. The summed E-state index contributed by atoms with van der Waals surface area (Å²) in [5.74, 6) is 0.439. The summed E-state index contributed by atoms with van der Waals surface area (Å²) in [6, 6.07) is 13.2. The quantitative estimate of drug-likeness (QED) is 0.117. The van der Waals surface area contributed by atoms with E-state index in [0.29, 0.717) is 11.1 Å². The number of ether oxygens (including phenoxy) is 4. The second-order valence-corrected chi connectivity index (χ2v) is 9.20. The van der Waals surface area contributed by atoms with E-state index < -0.39 is 74.6 Å². The Hall–Kier alpha value is -3.02. The Balaban J connectivity index is 1.45. The number of hydrogen-bond acceptors (Lipinski definition) is 14. The third-order valence-corrected chi connectivity index (χ3v) is 6.48. The standard InChI is InChI=1S/C26H32N2O12/c29-11-17-19(31)21(33)23(35)25(39-17)37-15-7-3-1-5-13(15)9-27-28-10-14-6-2-4-8-16(14)38-26-24(36)22(34)20(32)18(12-30)40-26/h1-10,17-26,29-36H,11-12H2/b27-9+,28-10?/t17-,18+,19+,20-,21-,22-,23+,24+,25+,26-/m1/s1. The summed E-state index contributed by atoms with van der Waals surface area (Å²) in [6.45, 7) is -1.19. The van der Waals surface area contributed by atoms with Crippen LogP contribution in [0.3, 0.4) is 0 Å². The van der Waals surface area contributed by atoms with Gasteiger partial charge in [0.15, 0.2) is 0 Å². The van der Waals surface area contributed by atoms with Gasteiger partial charge in [-0.1, -0.05) is 24.3 Å². The molecule has 10 atom stereocenters. The van der Waals surface area contributed by atoms with Gasteiger partial charge in [-0.25, -0.2) is 0 Å². The molecule has 0 bridgehead atoms. The minimum Gasteiger partial charge on any atom is -0.461 e. The van der Waals surface area contributed by atoms with E-state index >= 15 is 0 Å². The predicted molar refractivity (Wildman–Crippen MR) is 137 cm³/mol. The molecule has 14 heteroatoms. The molecular formula is C26H32N2O12. The first-order valence-electron chi connectivity index (χ1n) is 12.4. The second-order valence-electron chi connectivity index (χ2n) is 9.20. The Morgan fingerprint density at radius 3 is 1.32 bits per heavy atom. The summed E-state index contributed by atoms with van der Waals surface area (Å²) in [7, 11) is 0. The minimum absolute atomic E-state index is 0.220. The van der Waals surface area contributed by atoms with Crippen molar-refractivity contribution in [2.75, 3.05) is 13.2 Å². The normalized spacial score (nSPS) is 34.8. The fourth-order valence-electron chi connectivity index (χ4n) is 4.16. The van der Waals surface area contributed by atoms with Gasteiger partial charge in [0.05, 0.1) is 25.6 Å². The molecule has 0 saturated carbocycles. The molecule has 2 aliphatic rings. The number of aliphatic hydroxyl groups excluding tert-OH is 8. The third-order valence-electron chi connectivity index (χ3n) is 6.48. The van der Waals surface area contributed by atoms with Gasteiger partial charge >= 0.3 is 0 Å². The fraction of sp³-hybridized carbons (Fsp3) is 0.462. The average Bonchev–Trinajstić information content (AvgIpc) is 2.97. The molecule has 2 fully saturated rings. The van der Waals surface area contributed by atoms with Gasteiger partial charge in [-0.3, -0.25) is 0 Å². The van der Waals surface area contributed by atoms with Crippen LogP contribution in [0.2, 0.25) is 0 Å². The van der Waals surface area contributed by atoms with Gasteiger partial charge < -0.3 is 59.8 Å². The largest absolute Gasteiger partial charge is 0.461 e. The smallest absolute Gasteiger partial charge is 0.229 e. The summed E-state index contributed by atoms with van der Waals surface area (Å²) in [4.78, 5) is 0. The molecule has 2 aromatic rings. The molecule has 2 aromatic carbocycles. The van der Waals surface area contributed by atoms with Crippen molar-refractivity contribution in [2.24, 2.45) is 10.2 Å². The van der Waals surface area contributed by atoms with Crippen molar-refractivity contribution < 1.29 is 59.8 Å². The van der Waals surface area contributed by atoms with Crippen molar-refractivity contribution in [2.45, 2.75) is 61.4 Å². The highest BCUT2D eigenvalue weighted by atomic mass is 16.7. The predicted octanol–water partition coefficient (Wildman–Crippen LogP) is -2.50. The average molecular weight is 565 g/mol. The molecule has 0 radical (unpaired) electrons. The maximum atomic E-state index is 10.3. The van der Waals surface area contributed by atoms with Crippen molar-refractivity contribution in [1.82, 2.24) is 0 Å². The summed E-state index contributed by atoms with van der Waals surface area (Å²) in [5, 5.41) is 87.2. The Kier molecular flexibility index (Phi) is 10.2. The second kappa shape index (κ2) is 13.6. The molecule has 0 aliphatic carbocycles. The first-order chi connectivity index (χ1) is 19.2. The number of para-hydroxylation sites is 2. The molecule has 0 unspecified atom stereocenters. The number of aliphatic hydroxyl groups is 8. The van der Waals surface area contributed by atoms with Crippen LogP contribution in [0.5, 0.6) is 11.5 Å². The van der Waals surface area contributed by atoms with Gasteiger partial charge in [-0.2, -0.15) is 10.2 Å². The zero-order chi connectivity index (χ0) is 28.8. The molecule has 2 saturated heterocycles. The van der Waals surface area contributed by atoms with Crippen LogP contribution in [0, 0.1) is 0 Å². The molecule has 40 heavy (non-hydrogen) atoms. The summed E-state index contributed by atoms with van der Waals surface area (Å²) in [6.07, 6.45) is -11.7. The van der Waals surface area contributed by atoms with Gasteiger partial charge in [-0.05, 0) is 24.3 Å². The fourth-order valence-corrected chi connectivity index (χ4v) is 4.16. The van der Waals surface area contributed by atoms with Gasteiger partial charge in [-0.15, -0.1) is 0 Å².